The first-order valence-electron chi connectivity index (χ1n) is 7.10. The first-order chi connectivity index (χ1) is 10.5. The molecular weight excluding hydrogens is 309 g/mol. The minimum absolute atomic E-state index is 0.0520. The number of nitrogens with one attached hydrogen (secondary N) is 1. The molecule has 1 aromatic rings. The molecule has 0 saturated carbocycles. The normalized spacial score (nSPS) is 12.4. The largest absolute Gasteiger partial charge is 0.444 e. The Morgan fingerprint density at radius 3 is 2.52 bits per heavy atom. The van der Waals surface area contributed by atoms with E-state index in [2.05, 4.69) is 5.32 Å². The summed E-state index contributed by atoms with van der Waals surface area (Å²) in [7, 11) is 0. The maximum absolute atomic E-state index is 12.9. The molecule has 3 N–H and O–H groups in total. The Labute approximate surface area is 133 Å². The van der Waals surface area contributed by atoms with Gasteiger partial charge in [0.2, 0.25) is 0 Å². The van der Waals surface area contributed by atoms with Gasteiger partial charge >= 0.3 is 12.3 Å². The van der Waals surface area contributed by atoms with Gasteiger partial charge in [-0.1, -0.05) is 18.2 Å². The third-order valence-electron chi connectivity index (χ3n) is 2.71. The van der Waals surface area contributed by atoms with Crippen molar-refractivity contribution in [2.75, 3.05) is 12.3 Å². The number of nitrogen functional groups attached to an aromatic ring is 1. The van der Waals surface area contributed by atoms with Gasteiger partial charge in [-0.2, -0.15) is 13.2 Å². The Hall–Kier alpha value is -2.18. The Morgan fingerprint density at radius 1 is 1.30 bits per heavy atom. The average Bonchev–Trinajstić information content (AvgIpc) is 2.36. The van der Waals surface area contributed by atoms with Gasteiger partial charge in [-0.15, -0.1) is 0 Å². The highest BCUT2D eigenvalue weighted by molar-refractivity contribution is 5.69. The lowest BCUT2D eigenvalue weighted by Crippen LogP contribution is -2.32. The van der Waals surface area contributed by atoms with E-state index in [-0.39, 0.29) is 17.8 Å². The zero-order valence-electron chi connectivity index (χ0n) is 13.3. The summed E-state index contributed by atoms with van der Waals surface area (Å²) in [5.41, 5.74) is 4.21. The SMILES string of the molecule is CC(C)(C)OC(=O)NCCC=Cc1c(N)cccc1C(F)(F)F. The van der Waals surface area contributed by atoms with Crippen molar-refractivity contribution in [1.82, 2.24) is 5.32 Å². The van der Waals surface area contributed by atoms with Crippen molar-refractivity contribution >= 4 is 17.9 Å². The molecule has 0 aromatic heterocycles. The Morgan fingerprint density at radius 2 is 1.96 bits per heavy atom. The molecule has 0 saturated heterocycles. The van der Waals surface area contributed by atoms with Crippen molar-refractivity contribution in [3.8, 4) is 0 Å². The molecular formula is C16H21F3N2O2. The highest BCUT2D eigenvalue weighted by atomic mass is 19.4. The average molecular weight is 330 g/mol. The molecule has 1 amide bonds. The summed E-state index contributed by atoms with van der Waals surface area (Å²) in [6.07, 6.45) is -1.84. The quantitative estimate of drug-likeness (QED) is 0.642. The molecule has 0 spiro atoms. The van der Waals surface area contributed by atoms with Gasteiger partial charge in [0, 0.05) is 17.8 Å². The molecule has 23 heavy (non-hydrogen) atoms. The minimum atomic E-state index is -4.47. The number of hydrogen-bond acceptors (Lipinski definition) is 3. The number of rotatable bonds is 4. The number of alkyl halides is 3. The van der Waals surface area contributed by atoms with Crippen LogP contribution in [0.5, 0.6) is 0 Å². The number of hydrogen-bond donors (Lipinski definition) is 2. The first kappa shape index (κ1) is 18.9. The second-order valence-electron chi connectivity index (χ2n) is 5.93. The van der Waals surface area contributed by atoms with E-state index < -0.39 is 23.4 Å². The molecule has 1 aromatic carbocycles. The number of nitrogens with two attached hydrogens (primary N) is 1. The Bertz CT molecular complexity index is 576. The van der Waals surface area contributed by atoms with Crippen molar-refractivity contribution in [2.24, 2.45) is 0 Å². The number of carbonyl (C=O) groups excluding carboxylic acids is 1. The molecule has 7 heteroatoms. The van der Waals surface area contributed by atoms with Gasteiger partial charge in [-0.05, 0) is 39.3 Å². The van der Waals surface area contributed by atoms with E-state index in [1.807, 2.05) is 0 Å². The van der Waals surface area contributed by atoms with Crippen LogP contribution in [0.15, 0.2) is 24.3 Å². The second kappa shape index (κ2) is 7.39. The van der Waals surface area contributed by atoms with E-state index in [9.17, 15) is 18.0 Å². The zero-order chi connectivity index (χ0) is 17.7. The van der Waals surface area contributed by atoms with Crippen molar-refractivity contribution in [2.45, 2.75) is 39.0 Å². The fourth-order valence-corrected chi connectivity index (χ4v) is 1.79. The van der Waals surface area contributed by atoms with Crippen LogP contribution < -0.4 is 11.1 Å². The van der Waals surface area contributed by atoms with E-state index in [1.54, 1.807) is 20.8 Å². The summed E-state index contributed by atoms with van der Waals surface area (Å²) in [6, 6.07) is 3.66. The lowest BCUT2D eigenvalue weighted by Gasteiger charge is -2.19. The zero-order valence-corrected chi connectivity index (χ0v) is 13.3. The summed E-state index contributed by atoms with van der Waals surface area (Å²) in [6.45, 7) is 5.47. The summed E-state index contributed by atoms with van der Waals surface area (Å²) in [5, 5.41) is 2.52. The molecule has 0 unspecified atom stereocenters. The smallest absolute Gasteiger partial charge is 0.417 e. The molecule has 0 aliphatic rings. The molecule has 0 bridgehead atoms. The number of anilines is 1. The van der Waals surface area contributed by atoms with Gasteiger partial charge in [0.15, 0.2) is 0 Å². The molecule has 0 aliphatic heterocycles. The van der Waals surface area contributed by atoms with Crippen molar-refractivity contribution in [3.63, 3.8) is 0 Å². The van der Waals surface area contributed by atoms with Crippen LogP contribution in [0.4, 0.5) is 23.7 Å². The molecule has 1 rings (SSSR count). The number of halogens is 3. The van der Waals surface area contributed by atoms with Crippen LogP contribution in [-0.2, 0) is 10.9 Å². The Kier molecular flexibility index (Phi) is 6.06. The van der Waals surface area contributed by atoms with Crippen LogP contribution in [-0.4, -0.2) is 18.2 Å². The van der Waals surface area contributed by atoms with Gasteiger partial charge in [0.05, 0.1) is 5.56 Å². The number of carbonyl (C=O) groups is 1. The summed E-state index contributed by atoms with van der Waals surface area (Å²) in [4.78, 5) is 11.4. The topological polar surface area (TPSA) is 64.3 Å². The van der Waals surface area contributed by atoms with Crippen LogP contribution in [0.25, 0.3) is 6.08 Å². The van der Waals surface area contributed by atoms with Gasteiger partial charge in [-0.25, -0.2) is 4.79 Å². The van der Waals surface area contributed by atoms with E-state index in [1.165, 1.54) is 24.3 Å². The van der Waals surface area contributed by atoms with Crippen molar-refractivity contribution in [1.29, 1.82) is 0 Å². The maximum atomic E-state index is 12.9. The molecule has 0 aliphatic carbocycles. The maximum Gasteiger partial charge on any atom is 0.417 e. The number of ether oxygens (including phenoxy) is 1. The first-order valence-corrected chi connectivity index (χ1v) is 7.10. The van der Waals surface area contributed by atoms with Gasteiger partial charge in [0.1, 0.15) is 5.60 Å². The van der Waals surface area contributed by atoms with Crippen LogP contribution in [0.2, 0.25) is 0 Å². The third kappa shape index (κ3) is 6.63. The predicted octanol–water partition coefficient (Wildman–Crippen LogP) is 4.22. The van der Waals surface area contributed by atoms with Crippen LogP contribution in [0, 0.1) is 0 Å². The lowest BCUT2D eigenvalue weighted by molar-refractivity contribution is -0.137. The standard InChI is InChI=1S/C16H21F3N2O2/c1-15(2,3)23-14(22)21-10-5-4-7-11-12(16(17,18)19)8-6-9-13(11)20/h4,6-9H,5,10,20H2,1-3H3,(H,21,22). The molecule has 0 atom stereocenters. The highest BCUT2D eigenvalue weighted by Crippen LogP contribution is 2.34. The third-order valence-corrected chi connectivity index (χ3v) is 2.71. The van der Waals surface area contributed by atoms with Crippen molar-refractivity contribution in [3.05, 3.63) is 35.4 Å². The highest BCUT2D eigenvalue weighted by Gasteiger charge is 2.33. The van der Waals surface area contributed by atoms with Crippen LogP contribution in [0.3, 0.4) is 0 Å². The summed E-state index contributed by atoms with van der Waals surface area (Å²) >= 11 is 0. The summed E-state index contributed by atoms with van der Waals surface area (Å²) in [5.74, 6) is 0. The van der Waals surface area contributed by atoms with Crippen LogP contribution in [0.1, 0.15) is 38.3 Å². The van der Waals surface area contributed by atoms with E-state index in [4.69, 9.17) is 10.5 Å². The summed E-state index contributed by atoms with van der Waals surface area (Å²) < 4.78 is 43.8. The van der Waals surface area contributed by atoms with Crippen LogP contribution >= 0.6 is 0 Å². The van der Waals surface area contributed by atoms with Gasteiger partial charge in [0.25, 0.3) is 0 Å². The molecule has 4 nitrogen and oxygen atoms in total. The molecule has 0 radical (unpaired) electrons. The fourth-order valence-electron chi connectivity index (χ4n) is 1.79. The Balaban J connectivity index is 2.61. The monoisotopic (exact) mass is 330 g/mol. The van der Waals surface area contributed by atoms with E-state index >= 15 is 0 Å². The predicted molar refractivity (Wildman–Crippen MR) is 83.7 cm³/mol. The van der Waals surface area contributed by atoms with Gasteiger partial charge < -0.3 is 15.8 Å². The van der Waals surface area contributed by atoms with E-state index in [0.717, 1.165) is 6.07 Å². The molecule has 0 fully saturated rings. The second-order valence-corrected chi connectivity index (χ2v) is 5.93. The number of alkyl carbamates (subject to hydrolysis) is 1. The molecule has 0 heterocycles. The number of amides is 1. The minimum Gasteiger partial charge on any atom is -0.444 e. The number of benzene rings is 1. The van der Waals surface area contributed by atoms with Gasteiger partial charge in [-0.3, -0.25) is 0 Å². The fraction of sp³-hybridized carbons (Fsp3) is 0.438. The lowest BCUT2D eigenvalue weighted by atomic mass is 10.0. The van der Waals surface area contributed by atoms with E-state index in [0.29, 0.717) is 6.42 Å². The molecule has 128 valence electrons. The van der Waals surface area contributed by atoms with Crippen molar-refractivity contribution < 1.29 is 22.7 Å².